The van der Waals surface area contributed by atoms with Gasteiger partial charge in [0.1, 0.15) is 5.82 Å². The van der Waals surface area contributed by atoms with Gasteiger partial charge < -0.3 is 20.5 Å². The number of carbonyl (C=O) groups is 1. The highest BCUT2D eigenvalue weighted by Gasteiger charge is 2.16. The minimum absolute atomic E-state index is 0.0234. The van der Waals surface area contributed by atoms with Crippen molar-refractivity contribution < 1.29 is 9.18 Å². The summed E-state index contributed by atoms with van der Waals surface area (Å²) in [6.45, 7) is 3.61. The first kappa shape index (κ1) is 29.0. The molecule has 4 aromatic heterocycles. The zero-order valence-electron chi connectivity index (χ0n) is 25.0. The fraction of sp³-hybridized carbons (Fsp3) is 0.235. The lowest BCUT2D eigenvalue weighted by molar-refractivity contribution is -0.116. The summed E-state index contributed by atoms with van der Waals surface area (Å²) in [6, 6.07) is 17.0. The lowest BCUT2D eigenvalue weighted by Crippen LogP contribution is -2.20. The SMILES string of the molecule is CCCCC(=O)Nc1cncc(-c2cnc3n[nH]c(-c4cc5c(-c6cc(F)cc(NCCN(C)C)c6)cccc5[nH]4)c3c2)c1. The number of pyridine rings is 2. The molecule has 44 heavy (non-hydrogen) atoms. The Morgan fingerprint density at radius 3 is 2.64 bits per heavy atom. The highest BCUT2D eigenvalue weighted by atomic mass is 19.1. The van der Waals surface area contributed by atoms with Gasteiger partial charge in [-0.05, 0) is 74.1 Å². The molecule has 0 unspecified atom stereocenters. The third kappa shape index (κ3) is 6.30. The molecule has 0 atom stereocenters. The average Bonchev–Trinajstić information content (AvgIpc) is 3.63. The molecular weight excluding hydrogens is 555 g/mol. The molecule has 0 bridgehead atoms. The first-order valence-electron chi connectivity index (χ1n) is 14.8. The molecule has 224 valence electrons. The number of benzene rings is 2. The number of aromatic nitrogens is 5. The number of amides is 1. The van der Waals surface area contributed by atoms with E-state index in [0.29, 0.717) is 24.3 Å². The van der Waals surface area contributed by atoms with Crippen molar-refractivity contribution in [3.05, 3.63) is 79.0 Å². The fourth-order valence-corrected chi connectivity index (χ4v) is 5.30. The molecule has 2 aromatic carbocycles. The highest BCUT2D eigenvalue weighted by Crippen LogP contribution is 2.36. The minimum Gasteiger partial charge on any atom is -0.384 e. The van der Waals surface area contributed by atoms with Crippen LogP contribution >= 0.6 is 0 Å². The standard InChI is InChI=1S/C34H35FN8O/c1-4-5-9-32(44)39-26-14-22(18-36-20-26)23-15-29-33(41-42-34(29)38-19-23)31-17-28-27(7-6-8-30(28)40-31)21-12-24(35)16-25(13-21)37-10-11-43(2)3/h6-8,12-20,37,40H,4-5,9-11H2,1-3H3,(H,39,44)(H,38,41,42). The summed E-state index contributed by atoms with van der Waals surface area (Å²) < 4.78 is 14.7. The van der Waals surface area contributed by atoms with Gasteiger partial charge in [0.2, 0.25) is 5.91 Å². The number of H-pyrrole nitrogens is 2. The van der Waals surface area contributed by atoms with Crippen molar-refractivity contribution in [1.82, 2.24) is 30.0 Å². The Kier molecular flexibility index (Phi) is 8.33. The molecule has 0 aliphatic carbocycles. The molecular formula is C34H35FN8O. The van der Waals surface area contributed by atoms with Crippen LogP contribution in [0.4, 0.5) is 15.8 Å². The summed E-state index contributed by atoms with van der Waals surface area (Å²) in [7, 11) is 4.02. The van der Waals surface area contributed by atoms with Gasteiger partial charge in [-0.15, -0.1) is 0 Å². The van der Waals surface area contributed by atoms with Crippen LogP contribution in [0.15, 0.2) is 73.2 Å². The highest BCUT2D eigenvalue weighted by molar-refractivity contribution is 6.01. The van der Waals surface area contributed by atoms with Gasteiger partial charge in [0, 0.05) is 65.0 Å². The van der Waals surface area contributed by atoms with Gasteiger partial charge in [-0.3, -0.25) is 14.9 Å². The summed E-state index contributed by atoms with van der Waals surface area (Å²) in [5.41, 5.74) is 7.92. The average molecular weight is 591 g/mol. The largest absolute Gasteiger partial charge is 0.384 e. The molecule has 0 saturated carbocycles. The van der Waals surface area contributed by atoms with Crippen LogP contribution in [0.2, 0.25) is 0 Å². The Labute approximate surface area is 254 Å². The molecule has 0 aliphatic rings. The summed E-state index contributed by atoms with van der Waals surface area (Å²) in [6.07, 6.45) is 7.43. The number of hydrogen-bond acceptors (Lipinski definition) is 6. The maximum Gasteiger partial charge on any atom is 0.224 e. The third-order valence-corrected chi connectivity index (χ3v) is 7.55. The third-order valence-electron chi connectivity index (χ3n) is 7.55. The Hall–Kier alpha value is -5.09. The number of halogens is 1. The molecule has 6 aromatic rings. The summed E-state index contributed by atoms with van der Waals surface area (Å²) in [5.74, 6) is -0.315. The number of fused-ring (bicyclic) bond motifs is 2. The van der Waals surface area contributed by atoms with Crippen molar-refractivity contribution in [1.29, 1.82) is 0 Å². The number of nitrogens with one attached hydrogen (secondary N) is 4. The quantitative estimate of drug-likeness (QED) is 0.128. The van der Waals surface area contributed by atoms with Crippen LogP contribution < -0.4 is 10.6 Å². The molecule has 0 radical (unpaired) electrons. The summed E-state index contributed by atoms with van der Waals surface area (Å²) in [4.78, 5) is 26.8. The van der Waals surface area contributed by atoms with Gasteiger partial charge in [-0.1, -0.05) is 25.5 Å². The number of rotatable bonds is 11. The monoisotopic (exact) mass is 590 g/mol. The Morgan fingerprint density at radius 1 is 0.955 bits per heavy atom. The maximum absolute atomic E-state index is 14.7. The van der Waals surface area contributed by atoms with Crippen LogP contribution in [0.1, 0.15) is 26.2 Å². The summed E-state index contributed by atoms with van der Waals surface area (Å²) >= 11 is 0. The second kappa shape index (κ2) is 12.6. The van der Waals surface area contributed by atoms with E-state index in [0.717, 1.165) is 75.0 Å². The molecule has 4 N–H and O–H groups in total. The number of anilines is 2. The predicted octanol–water partition coefficient (Wildman–Crippen LogP) is 7.08. The maximum atomic E-state index is 14.7. The van der Waals surface area contributed by atoms with Gasteiger partial charge in [-0.25, -0.2) is 9.37 Å². The van der Waals surface area contributed by atoms with Crippen molar-refractivity contribution >= 4 is 39.2 Å². The Balaban J connectivity index is 1.33. The minimum atomic E-state index is -0.292. The number of hydrogen-bond donors (Lipinski definition) is 4. The molecule has 0 fully saturated rings. The van der Waals surface area contributed by atoms with Gasteiger partial charge in [0.25, 0.3) is 0 Å². The zero-order chi connectivity index (χ0) is 30.6. The second-order valence-corrected chi connectivity index (χ2v) is 11.2. The molecule has 1 amide bonds. The first-order chi connectivity index (χ1) is 21.4. The Morgan fingerprint density at radius 2 is 1.80 bits per heavy atom. The number of unbranched alkanes of at least 4 members (excludes halogenated alkanes) is 1. The van der Waals surface area contributed by atoms with Crippen molar-refractivity contribution in [3.8, 4) is 33.6 Å². The molecule has 6 rings (SSSR count). The van der Waals surface area contributed by atoms with Crippen LogP contribution in [-0.2, 0) is 4.79 Å². The van der Waals surface area contributed by atoms with Gasteiger partial charge in [-0.2, -0.15) is 5.10 Å². The lowest BCUT2D eigenvalue weighted by Gasteiger charge is -2.13. The first-order valence-corrected chi connectivity index (χ1v) is 14.8. The predicted molar refractivity (Wildman–Crippen MR) is 175 cm³/mol. The zero-order valence-corrected chi connectivity index (χ0v) is 25.0. The van der Waals surface area contributed by atoms with E-state index in [1.54, 1.807) is 24.7 Å². The normalized spacial score (nSPS) is 11.5. The lowest BCUT2D eigenvalue weighted by atomic mass is 10.0. The van der Waals surface area contributed by atoms with Gasteiger partial charge in [0.05, 0.1) is 23.3 Å². The second-order valence-electron chi connectivity index (χ2n) is 11.2. The topological polar surface area (TPSA) is 115 Å². The van der Waals surface area contributed by atoms with E-state index in [2.05, 4.69) is 53.7 Å². The van der Waals surface area contributed by atoms with Crippen LogP contribution in [0.3, 0.4) is 0 Å². The van der Waals surface area contributed by atoms with Crippen molar-refractivity contribution in [3.63, 3.8) is 0 Å². The number of likely N-dealkylation sites (N-methyl/N-ethyl adjacent to an activating group) is 1. The molecule has 4 heterocycles. The van der Waals surface area contributed by atoms with Crippen LogP contribution in [0, 0.1) is 5.82 Å². The van der Waals surface area contributed by atoms with Crippen LogP contribution in [0.25, 0.3) is 55.6 Å². The molecule has 9 nitrogen and oxygen atoms in total. The molecule has 0 saturated heterocycles. The van der Waals surface area contributed by atoms with Crippen LogP contribution in [0.5, 0.6) is 0 Å². The molecule has 0 spiro atoms. The number of nitrogens with zero attached hydrogens (tertiary/aromatic N) is 4. The van der Waals surface area contributed by atoms with Crippen LogP contribution in [-0.4, -0.2) is 63.1 Å². The van der Waals surface area contributed by atoms with E-state index in [-0.39, 0.29) is 11.7 Å². The Bertz CT molecular complexity index is 1940. The fourth-order valence-electron chi connectivity index (χ4n) is 5.30. The van der Waals surface area contributed by atoms with E-state index in [1.165, 1.54) is 6.07 Å². The number of aromatic amines is 2. The smallest absolute Gasteiger partial charge is 0.224 e. The van der Waals surface area contributed by atoms with E-state index in [1.807, 2.05) is 50.5 Å². The van der Waals surface area contributed by atoms with E-state index in [4.69, 9.17) is 0 Å². The summed E-state index contributed by atoms with van der Waals surface area (Å²) in [5, 5.41) is 15.7. The van der Waals surface area contributed by atoms with Gasteiger partial charge in [0.15, 0.2) is 5.65 Å². The molecule has 0 aliphatic heterocycles. The number of carbonyl (C=O) groups excluding carboxylic acids is 1. The van der Waals surface area contributed by atoms with Gasteiger partial charge >= 0.3 is 0 Å². The van der Waals surface area contributed by atoms with Crippen molar-refractivity contribution in [2.24, 2.45) is 0 Å². The van der Waals surface area contributed by atoms with E-state index in [9.17, 15) is 9.18 Å². The van der Waals surface area contributed by atoms with E-state index >= 15 is 0 Å². The van der Waals surface area contributed by atoms with Crippen molar-refractivity contribution in [2.75, 3.05) is 37.8 Å². The molecule has 10 heteroatoms. The van der Waals surface area contributed by atoms with Crippen molar-refractivity contribution in [2.45, 2.75) is 26.2 Å². The van der Waals surface area contributed by atoms with E-state index < -0.39 is 0 Å².